The minimum absolute atomic E-state index is 0.0874. The monoisotopic (exact) mass is 453 g/mol. The Hall–Kier alpha value is -0.980. The van der Waals surface area contributed by atoms with Crippen LogP contribution >= 0.6 is 11.6 Å². The molecule has 0 N–H and O–H groups in total. The van der Waals surface area contributed by atoms with E-state index in [0.29, 0.717) is 12.0 Å². The summed E-state index contributed by atoms with van der Waals surface area (Å²) in [6.07, 6.45) is 13.4. The molecule has 31 heavy (non-hydrogen) atoms. The topological polar surface area (TPSA) is 54.4 Å². The lowest BCUT2D eigenvalue weighted by atomic mass is 9.78. The van der Waals surface area contributed by atoms with Crippen molar-refractivity contribution in [3.63, 3.8) is 0 Å². The van der Waals surface area contributed by atoms with Crippen LogP contribution in [-0.2, 0) is 4.84 Å². The van der Waals surface area contributed by atoms with Gasteiger partial charge in [0.25, 0.3) is 0 Å². The van der Waals surface area contributed by atoms with E-state index in [4.69, 9.17) is 16.4 Å². The molecule has 1 aliphatic heterocycles. The van der Waals surface area contributed by atoms with Gasteiger partial charge in [0.15, 0.2) is 0 Å². The number of aromatic nitrogens is 3. The molecular formula is C24H44ClN5O. The van der Waals surface area contributed by atoms with Crippen molar-refractivity contribution in [2.24, 2.45) is 0 Å². The molecule has 0 atom stereocenters. The molecule has 1 aromatic rings. The molecule has 2 heterocycles. The highest BCUT2D eigenvalue weighted by Gasteiger charge is 2.48. The van der Waals surface area contributed by atoms with Crippen LogP contribution in [0.15, 0.2) is 6.33 Å². The SMILES string of the molecule is CCCCCCCCON1C(C)(C)CC(N(CCCC)c2ncnc(Cl)n2)CC1(C)C. The van der Waals surface area contributed by atoms with Crippen molar-refractivity contribution in [2.75, 3.05) is 18.1 Å². The van der Waals surface area contributed by atoms with E-state index in [1.54, 1.807) is 0 Å². The molecule has 0 spiro atoms. The normalized spacial score (nSPS) is 18.9. The molecule has 0 bridgehead atoms. The van der Waals surface area contributed by atoms with Gasteiger partial charge in [-0.25, -0.2) is 9.97 Å². The fourth-order valence-corrected chi connectivity index (χ4v) is 5.12. The van der Waals surface area contributed by atoms with E-state index in [9.17, 15) is 0 Å². The van der Waals surface area contributed by atoms with Gasteiger partial charge in [0.05, 0.1) is 6.61 Å². The van der Waals surface area contributed by atoms with Crippen molar-refractivity contribution in [1.82, 2.24) is 20.0 Å². The number of piperidine rings is 1. The molecule has 1 aliphatic rings. The van der Waals surface area contributed by atoms with Crippen LogP contribution in [0.5, 0.6) is 0 Å². The molecule has 178 valence electrons. The fourth-order valence-electron chi connectivity index (χ4n) is 5.00. The van der Waals surface area contributed by atoms with E-state index >= 15 is 0 Å². The molecule has 0 radical (unpaired) electrons. The van der Waals surface area contributed by atoms with Gasteiger partial charge in [-0.2, -0.15) is 10.0 Å². The van der Waals surface area contributed by atoms with Crippen LogP contribution in [0.1, 0.15) is 106 Å². The second-order valence-electron chi connectivity index (χ2n) is 10.2. The van der Waals surface area contributed by atoms with Gasteiger partial charge in [-0.3, -0.25) is 4.84 Å². The quantitative estimate of drug-likeness (QED) is 0.320. The lowest BCUT2D eigenvalue weighted by Gasteiger charge is -2.55. The molecule has 0 saturated carbocycles. The van der Waals surface area contributed by atoms with Gasteiger partial charge in [0.1, 0.15) is 6.33 Å². The van der Waals surface area contributed by atoms with Crippen LogP contribution in [0.4, 0.5) is 5.95 Å². The number of rotatable bonds is 13. The van der Waals surface area contributed by atoms with Crippen molar-refractivity contribution in [3.8, 4) is 0 Å². The van der Waals surface area contributed by atoms with E-state index in [1.165, 1.54) is 38.4 Å². The van der Waals surface area contributed by atoms with E-state index in [-0.39, 0.29) is 16.4 Å². The van der Waals surface area contributed by atoms with E-state index in [0.717, 1.165) is 45.3 Å². The Kier molecular flexibility index (Phi) is 10.4. The molecule has 0 aliphatic carbocycles. The minimum Gasteiger partial charge on any atom is -0.338 e. The number of hydrogen-bond donors (Lipinski definition) is 0. The minimum atomic E-state index is -0.0874. The number of hydrogen-bond acceptors (Lipinski definition) is 6. The smallest absolute Gasteiger partial charge is 0.229 e. The highest BCUT2D eigenvalue weighted by atomic mass is 35.5. The molecule has 1 saturated heterocycles. The Bertz CT molecular complexity index is 637. The van der Waals surface area contributed by atoms with Gasteiger partial charge < -0.3 is 4.90 Å². The first-order valence-electron chi connectivity index (χ1n) is 12.3. The Morgan fingerprint density at radius 2 is 1.58 bits per heavy atom. The Morgan fingerprint density at radius 3 is 2.19 bits per heavy atom. The fraction of sp³-hybridized carbons (Fsp3) is 0.875. The first-order valence-corrected chi connectivity index (χ1v) is 12.6. The molecule has 0 aromatic carbocycles. The molecule has 0 unspecified atom stereocenters. The van der Waals surface area contributed by atoms with Gasteiger partial charge in [0, 0.05) is 23.7 Å². The molecular weight excluding hydrogens is 410 g/mol. The van der Waals surface area contributed by atoms with Crippen LogP contribution in [0, 0.1) is 0 Å². The highest BCUT2D eigenvalue weighted by molar-refractivity contribution is 6.28. The molecule has 0 amide bonds. The van der Waals surface area contributed by atoms with Crippen LogP contribution in [0.2, 0.25) is 5.28 Å². The van der Waals surface area contributed by atoms with E-state index in [2.05, 4.69) is 66.5 Å². The zero-order valence-corrected chi connectivity index (χ0v) is 21.4. The highest BCUT2D eigenvalue weighted by Crippen LogP contribution is 2.41. The predicted molar refractivity (Wildman–Crippen MR) is 129 cm³/mol. The van der Waals surface area contributed by atoms with Gasteiger partial charge in [-0.05, 0) is 65.0 Å². The van der Waals surface area contributed by atoms with Crippen LogP contribution in [0.3, 0.4) is 0 Å². The van der Waals surface area contributed by atoms with E-state index < -0.39 is 0 Å². The van der Waals surface area contributed by atoms with Crippen molar-refractivity contribution < 1.29 is 4.84 Å². The van der Waals surface area contributed by atoms with Crippen molar-refractivity contribution >= 4 is 17.5 Å². The molecule has 2 rings (SSSR count). The summed E-state index contributed by atoms with van der Waals surface area (Å²) < 4.78 is 0. The Morgan fingerprint density at radius 1 is 0.968 bits per heavy atom. The summed E-state index contributed by atoms with van der Waals surface area (Å²) in [5, 5.41) is 2.52. The first-order chi connectivity index (χ1) is 14.7. The van der Waals surface area contributed by atoms with Gasteiger partial charge in [0.2, 0.25) is 11.2 Å². The third kappa shape index (κ3) is 7.83. The lowest BCUT2D eigenvalue weighted by Crippen LogP contribution is -2.64. The summed E-state index contributed by atoms with van der Waals surface area (Å²) in [7, 11) is 0. The second-order valence-corrected chi connectivity index (χ2v) is 10.5. The second kappa shape index (κ2) is 12.3. The molecule has 7 heteroatoms. The summed E-state index contributed by atoms with van der Waals surface area (Å²) >= 11 is 6.09. The Labute approximate surface area is 195 Å². The Balaban J connectivity index is 2.05. The maximum atomic E-state index is 6.41. The van der Waals surface area contributed by atoms with Crippen molar-refractivity contribution in [1.29, 1.82) is 0 Å². The number of hydroxylamine groups is 2. The zero-order valence-electron chi connectivity index (χ0n) is 20.7. The largest absolute Gasteiger partial charge is 0.338 e. The maximum absolute atomic E-state index is 6.41. The third-order valence-electron chi connectivity index (χ3n) is 6.27. The standard InChI is InChI=1S/C24H44ClN5O/c1-7-9-11-12-13-14-16-31-30-23(3,4)17-20(18-24(30,5)6)29(15-10-8-2)22-27-19-26-21(25)28-22/h19-20H,7-18H2,1-6H3. The van der Waals surface area contributed by atoms with Crippen molar-refractivity contribution in [3.05, 3.63) is 11.6 Å². The molecule has 6 nitrogen and oxygen atoms in total. The zero-order chi connectivity index (χ0) is 22.9. The van der Waals surface area contributed by atoms with Gasteiger partial charge in [-0.1, -0.05) is 52.4 Å². The number of unbranched alkanes of at least 4 members (excludes halogenated alkanes) is 6. The van der Waals surface area contributed by atoms with Crippen LogP contribution in [0.25, 0.3) is 0 Å². The summed E-state index contributed by atoms with van der Waals surface area (Å²) in [4.78, 5) is 21.6. The summed E-state index contributed by atoms with van der Waals surface area (Å²) in [6, 6.07) is 0.323. The third-order valence-corrected chi connectivity index (χ3v) is 6.45. The average molecular weight is 454 g/mol. The molecule has 1 aromatic heterocycles. The van der Waals surface area contributed by atoms with Gasteiger partial charge >= 0.3 is 0 Å². The number of nitrogens with zero attached hydrogens (tertiary/aromatic N) is 5. The maximum Gasteiger partial charge on any atom is 0.229 e. The van der Waals surface area contributed by atoms with Crippen LogP contribution in [-0.4, -0.2) is 50.3 Å². The van der Waals surface area contributed by atoms with Crippen LogP contribution < -0.4 is 4.90 Å². The summed E-state index contributed by atoms with van der Waals surface area (Å²) in [5.41, 5.74) is -0.175. The number of halogens is 1. The van der Waals surface area contributed by atoms with Crippen molar-refractivity contribution in [2.45, 2.75) is 123 Å². The first kappa shape index (κ1) is 26.3. The lowest BCUT2D eigenvalue weighted by molar-refractivity contribution is -0.283. The van der Waals surface area contributed by atoms with E-state index in [1.807, 2.05) is 0 Å². The summed E-state index contributed by atoms with van der Waals surface area (Å²) in [6.45, 7) is 15.4. The molecule has 1 fully saturated rings. The van der Waals surface area contributed by atoms with Gasteiger partial charge in [-0.15, -0.1) is 0 Å². The summed E-state index contributed by atoms with van der Waals surface area (Å²) in [5.74, 6) is 0.687. The number of anilines is 1. The average Bonchev–Trinajstić information content (AvgIpc) is 2.68. The predicted octanol–water partition coefficient (Wildman–Crippen LogP) is 6.45.